The summed E-state index contributed by atoms with van der Waals surface area (Å²) in [6.45, 7) is 4.44. The lowest BCUT2D eigenvalue weighted by Crippen LogP contribution is -2.28. The number of halogens is 1. The topological polar surface area (TPSA) is 65.8 Å². The Morgan fingerprint density at radius 1 is 1.08 bits per heavy atom. The second-order valence-electron chi connectivity index (χ2n) is 6.35. The summed E-state index contributed by atoms with van der Waals surface area (Å²) >= 11 is 6.25. The second-order valence-corrected chi connectivity index (χ2v) is 6.75. The van der Waals surface area contributed by atoms with E-state index < -0.39 is 0 Å². The third kappa shape index (κ3) is 3.52. The number of nitrogens with two attached hydrogens (primary N) is 1. The number of aromatic nitrogens is 3. The zero-order chi connectivity index (χ0) is 18.0. The minimum atomic E-state index is -0.347. The van der Waals surface area contributed by atoms with Crippen molar-refractivity contribution in [1.29, 1.82) is 0 Å². The van der Waals surface area contributed by atoms with E-state index in [2.05, 4.69) is 5.10 Å². The van der Waals surface area contributed by atoms with Crippen molar-refractivity contribution >= 4 is 11.6 Å². The number of hydrogen-bond donors (Lipinski definition) is 1. The molecule has 25 heavy (non-hydrogen) atoms. The molecule has 1 aromatic heterocycles. The van der Waals surface area contributed by atoms with Crippen molar-refractivity contribution in [2.24, 2.45) is 11.7 Å². The van der Waals surface area contributed by atoms with Gasteiger partial charge in [-0.15, -0.1) is 5.10 Å². The molecule has 0 spiro atoms. The smallest absolute Gasteiger partial charge is 0.321 e. The first-order chi connectivity index (χ1) is 12.0. The molecule has 0 aliphatic carbocycles. The Hall–Kier alpha value is -2.37. The van der Waals surface area contributed by atoms with E-state index >= 15 is 0 Å². The summed E-state index contributed by atoms with van der Waals surface area (Å²) in [6, 6.07) is 16.6. The summed E-state index contributed by atoms with van der Waals surface area (Å²) in [5, 5.41) is 4.99. The van der Waals surface area contributed by atoms with Crippen LogP contribution in [0.5, 0.6) is 0 Å². The fraction of sp³-hybridized carbons (Fsp3) is 0.263. The van der Waals surface area contributed by atoms with E-state index in [1.807, 2.05) is 56.3 Å². The molecule has 0 aliphatic rings. The molecule has 0 saturated carbocycles. The van der Waals surface area contributed by atoms with E-state index in [9.17, 15) is 4.79 Å². The maximum Gasteiger partial charge on any atom is 0.351 e. The summed E-state index contributed by atoms with van der Waals surface area (Å²) in [5.41, 5.74) is 7.64. The van der Waals surface area contributed by atoms with E-state index in [0.717, 1.165) is 5.56 Å². The van der Waals surface area contributed by atoms with Crippen molar-refractivity contribution < 1.29 is 0 Å². The standard InChI is InChI=1S/C19H21ClN4O/c1-13(2)17(21)18-22-24(16-11-7-6-10-15(16)20)19(25)23(18)12-14-8-4-3-5-9-14/h3-11,13,17H,12,21H2,1-2H3. The molecule has 130 valence electrons. The van der Waals surface area contributed by atoms with Gasteiger partial charge in [-0.05, 0) is 23.6 Å². The Kier molecular flexibility index (Phi) is 5.06. The average molecular weight is 357 g/mol. The molecule has 2 aromatic carbocycles. The first-order valence-corrected chi connectivity index (χ1v) is 8.61. The van der Waals surface area contributed by atoms with E-state index in [-0.39, 0.29) is 17.6 Å². The van der Waals surface area contributed by atoms with Gasteiger partial charge < -0.3 is 5.73 Å². The van der Waals surface area contributed by atoms with Gasteiger partial charge in [-0.3, -0.25) is 4.57 Å². The number of benzene rings is 2. The Morgan fingerprint density at radius 3 is 2.36 bits per heavy atom. The van der Waals surface area contributed by atoms with Crippen LogP contribution in [-0.2, 0) is 6.54 Å². The van der Waals surface area contributed by atoms with Crippen LogP contribution >= 0.6 is 11.6 Å². The van der Waals surface area contributed by atoms with Crippen molar-refractivity contribution in [3.63, 3.8) is 0 Å². The Balaban J connectivity index is 2.15. The Labute approximate surface area is 151 Å². The van der Waals surface area contributed by atoms with Gasteiger partial charge in [-0.25, -0.2) is 4.79 Å². The number of nitrogens with zero attached hydrogens (tertiary/aromatic N) is 3. The zero-order valence-electron chi connectivity index (χ0n) is 14.3. The molecule has 0 fully saturated rings. The minimum Gasteiger partial charge on any atom is -0.321 e. The summed E-state index contributed by atoms with van der Waals surface area (Å²) in [6.07, 6.45) is 0. The summed E-state index contributed by atoms with van der Waals surface area (Å²) < 4.78 is 2.96. The first-order valence-electron chi connectivity index (χ1n) is 8.23. The van der Waals surface area contributed by atoms with Crippen LogP contribution < -0.4 is 11.4 Å². The highest BCUT2D eigenvalue weighted by Gasteiger charge is 2.23. The molecule has 3 rings (SSSR count). The zero-order valence-corrected chi connectivity index (χ0v) is 15.0. The fourth-order valence-electron chi connectivity index (χ4n) is 2.65. The number of para-hydroxylation sites is 1. The van der Waals surface area contributed by atoms with Crippen molar-refractivity contribution in [3.05, 3.63) is 81.5 Å². The second kappa shape index (κ2) is 7.25. The summed E-state index contributed by atoms with van der Waals surface area (Å²) in [7, 11) is 0. The highest BCUT2D eigenvalue weighted by atomic mass is 35.5. The molecule has 1 unspecified atom stereocenters. The van der Waals surface area contributed by atoms with E-state index in [4.69, 9.17) is 17.3 Å². The van der Waals surface area contributed by atoms with Gasteiger partial charge >= 0.3 is 5.69 Å². The molecule has 5 nitrogen and oxygen atoms in total. The first kappa shape index (κ1) is 17.5. The van der Waals surface area contributed by atoms with Crippen molar-refractivity contribution in [2.45, 2.75) is 26.4 Å². The van der Waals surface area contributed by atoms with Crippen LogP contribution in [0.3, 0.4) is 0 Å². The lowest BCUT2D eigenvalue weighted by atomic mass is 10.0. The molecule has 0 bridgehead atoms. The largest absolute Gasteiger partial charge is 0.351 e. The highest BCUT2D eigenvalue weighted by Crippen LogP contribution is 2.21. The van der Waals surface area contributed by atoms with Gasteiger partial charge in [0.15, 0.2) is 5.82 Å². The van der Waals surface area contributed by atoms with Crippen LogP contribution in [0.15, 0.2) is 59.4 Å². The lowest BCUT2D eigenvalue weighted by molar-refractivity contribution is 0.468. The average Bonchev–Trinajstić information content (AvgIpc) is 2.92. The summed E-state index contributed by atoms with van der Waals surface area (Å²) in [5.74, 6) is 0.708. The van der Waals surface area contributed by atoms with Gasteiger partial charge in [-0.1, -0.05) is 67.9 Å². The van der Waals surface area contributed by atoms with Crippen LogP contribution in [-0.4, -0.2) is 14.3 Å². The van der Waals surface area contributed by atoms with Crippen molar-refractivity contribution in [1.82, 2.24) is 14.3 Å². The predicted molar refractivity (Wildman–Crippen MR) is 100 cm³/mol. The Bertz CT molecular complexity index is 915. The van der Waals surface area contributed by atoms with Crippen LogP contribution in [0.4, 0.5) is 0 Å². The highest BCUT2D eigenvalue weighted by molar-refractivity contribution is 6.32. The van der Waals surface area contributed by atoms with Crippen LogP contribution in [0, 0.1) is 5.92 Å². The molecule has 0 amide bonds. The van der Waals surface area contributed by atoms with Crippen LogP contribution in [0.25, 0.3) is 5.69 Å². The van der Waals surface area contributed by atoms with Crippen LogP contribution in [0.2, 0.25) is 5.02 Å². The molecule has 0 radical (unpaired) electrons. The van der Waals surface area contributed by atoms with Gasteiger partial charge in [0.25, 0.3) is 0 Å². The molecule has 6 heteroatoms. The van der Waals surface area contributed by atoms with Crippen molar-refractivity contribution in [2.75, 3.05) is 0 Å². The van der Waals surface area contributed by atoms with Gasteiger partial charge in [0.1, 0.15) is 0 Å². The number of rotatable bonds is 5. The quantitative estimate of drug-likeness (QED) is 0.762. The molecular formula is C19H21ClN4O. The molecule has 0 aliphatic heterocycles. The molecule has 1 heterocycles. The third-order valence-corrected chi connectivity index (χ3v) is 4.49. The molecular weight excluding hydrogens is 336 g/mol. The van der Waals surface area contributed by atoms with Crippen molar-refractivity contribution in [3.8, 4) is 5.69 Å². The van der Waals surface area contributed by atoms with E-state index in [1.54, 1.807) is 16.7 Å². The monoisotopic (exact) mass is 356 g/mol. The Morgan fingerprint density at radius 2 is 1.72 bits per heavy atom. The van der Waals surface area contributed by atoms with Gasteiger partial charge in [0.05, 0.1) is 23.3 Å². The van der Waals surface area contributed by atoms with Gasteiger partial charge in [-0.2, -0.15) is 4.68 Å². The fourth-order valence-corrected chi connectivity index (χ4v) is 2.87. The summed E-state index contributed by atoms with van der Waals surface area (Å²) in [4.78, 5) is 13.0. The normalized spacial score (nSPS) is 12.5. The molecule has 2 N–H and O–H groups in total. The predicted octanol–water partition coefficient (Wildman–Crippen LogP) is 3.39. The molecule has 0 saturated heterocycles. The number of hydrogen-bond acceptors (Lipinski definition) is 3. The maximum absolute atomic E-state index is 13.0. The molecule has 1 atom stereocenters. The van der Waals surface area contributed by atoms with E-state index in [1.165, 1.54) is 4.68 Å². The van der Waals surface area contributed by atoms with Crippen LogP contribution in [0.1, 0.15) is 31.3 Å². The van der Waals surface area contributed by atoms with Gasteiger partial charge in [0, 0.05) is 0 Å². The minimum absolute atomic E-state index is 0.149. The SMILES string of the molecule is CC(C)C(N)c1nn(-c2ccccc2Cl)c(=O)n1Cc1ccccc1. The lowest BCUT2D eigenvalue weighted by Gasteiger charge is -2.15. The maximum atomic E-state index is 13.0. The third-order valence-electron chi connectivity index (χ3n) is 4.17. The van der Waals surface area contributed by atoms with Gasteiger partial charge in [0.2, 0.25) is 0 Å². The molecule has 3 aromatic rings. The van der Waals surface area contributed by atoms with E-state index in [0.29, 0.717) is 23.1 Å².